The zero-order valence-corrected chi connectivity index (χ0v) is 8.12. The minimum atomic E-state index is -0.930. The summed E-state index contributed by atoms with van der Waals surface area (Å²) in [5.41, 5.74) is 0.961. The molecule has 1 N–H and O–H groups in total. The highest BCUT2D eigenvalue weighted by molar-refractivity contribution is 7.79. The molecule has 0 unspecified atom stereocenters. The maximum absolute atomic E-state index is 10.7. The van der Waals surface area contributed by atoms with E-state index in [4.69, 9.17) is 9.52 Å². The lowest BCUT2D eigenvalue weighted by Crippen LogP contribution is -1.94. The highest BCUT2D eigenvalue weighted by Crippen LogP contribution is 2.21. The lowest BCUT2D eigenvalue weighted by molar-refractivity contribution is 0.0697. The van der Waals surface area contributed by atoms with Gasteiger partial charge in [-0.15, -0.1) is 0 Å². The van der Waals surface area contributed by atoms with Gasteiger partial charge in [0.2, 0.25) is 0 Å². The highest BCUT2D eigenvalue weighted by atomic mass is 32.1. The number of benzene rings is 1. The molecule has 3 nitrogen and oxygen atoms in total. The van der Waals surface area contributed by atoms with E-state index in [1.165, 1.54) is 6.07 Å². The fourth-order valence-electron chi connectivity index (χ4n) is 1.31. The van der Waals surface area contributed by atoms with Gasteiger partial charge < -0.3 is 9.52 Å². The zero-order chi connectivity index (χ0) is 10.1. The molecule has 14 heavy (non-hydrogen) atoms. The fourth-order valence-corrected chi connectivity index (χ4v) is 1.47. The molecular formula is C10H8O3S. The topological polar surface area (TPSA) is 50.4 Å². The first-order chi connectivity index (χ1) is 6.70. The molecule has 0 fully saturated rings. The van der Waals surface area contributed by atoms with E-state index in [9.17, 15) is 4.79 Å². The van der Waals surface area contributed by atoms with Crippen LogP contribution in [0.3, 0.4) is 0 Å². The molecule has 0 bridgehead atoms. The molecule has 0 aliphatic heterocycles. The van der Waals surface area contributed by atoms with Crippen molar-refractivity contribution in [3.63, 3.8) is 0 Å². The van der Waals surface area contributed by atoms with Gasteiger partial charge in [-0.05, 0) is 24.3 Å². The van der Waals surface area contributed by atoms with Crippen LogP contribution in [0.4, 0.5) is 0 Å². The summed E-state index contributed by atoms with van der Waals surface area (Å²) >= 11 is 4.08. The smallest absolute Gasteiger partial charge is 0.335 e. The monoisotopic (exact) mass is 208 g/mol. The van der Waals surface area contributed by atoms with Crippen molar-refractivity contribution in [1.82, 2.24) is 0 Å². The third-order valence-electron chi connectivity index (χ3n) is 1.97. The molecular weight excluding hydrogens is 200 g/mol. The summed E-state index contributed by atoms with van der Waals surface area (Å²) in [6.45, 7) is 0. The maximum atomic E-state index is 10.7. The molecule has 0 aliphatic carbocycles. The molecule has 0 saturated carbocycles. The first-order valence-corrected chi connectivity index (χ1v) is 4.70. The Morgan fingerprint density at radius 3 is 2.86 bits per heavy atom. The number of aromatic carboxylic acids is 1. The first-order valence-electron chi connectivity index (χ1n) is 4.07. The van der Waals surface area contributed by atoms with Crippen molar-refractivity contribution in [3.05, 3.63) is 35.6 Å². The van der Waals surface area contributed by atoms with Gasteiger partial charge in [-0.2, -0.15) is 12.6 Å². The van der Waals surface area contributed by atoms with Crippen LogP contribution in [-0.4, -0.2) is 11.1 Å². The second-order valence-electron chi connectivity index (χ2n) is 2.93. The summed E-state index contributed by atoms with van der Waals surface area (Å²) in [5, 5.41) is 9.56. The molecule has 72 valence electrons. The minimum absolute atomic E-state index is 0.268. The standard InChI is InChI=1S/C10H8O3S/c11-10(12)6-1-2-9-7(3-6)4-8(5-14)13-9/h1-4,14H,5H2,(H,11,12). The van der Waals surface area contributed by atoms with Crippen LogP contribution >= 0.6 is 12.6 Å². The van der Waals surface area contributed by atoms with Crippen molar-refractivity contribution in [2.75, 3.05) is 0 Å². The summed E-state index contributed by atoms with van der Waals surface area (Å²) in [7, 11) is 0. The third kappa shape index (κ3) is 1.48. The second-order valence-corrected chi connectivity index (χ2v) is 3.24. The average Bonchev–Trinajstić information content (AvgIpc) is 2.58. The van der Waals surface area contributed by atoms with Gasteiger partial charge in [-0.25, -0.2) is 4.79 Å². The van der Waals surface area contributed by atoms with Gasteiger partial charge in [-0.3, -0.25) is 0 Å². The summed E-state index contributed by atoms with van der Waals surface area (Å²) in [4.78, 5) is 10.7. The number of carboxylic acids is 1. The molecule has 0 radical (unpaired) electrons. The van der Waals surface area contributed by atoms with Gasteiger partial charge >= 0.3 is 5.97 Å². The van der Waals surface area contributed by atoms with E-state index in [0.29, 0.717) is 11.3 Å². The normalized spacial score (nSPS) is 10.6. The number of rotatable bonds is 2. The van der Waals surface area contributed by atoms with Gasteiger partial charge in [0, 0.05) is 11.1 Å². The van der Waals surface area contributed by atoms with Gasteiger partial charge in [0.1, 0.15) is 11.3 Å². The lowest BCUT2D eigenvalue weighted by Gasteiger charge is -1.92. The van der Waals surface area contributed by atoms with Crippen LogP contribution in [0.25, 0.3) is 11.0 Å². The van der Waals surface area contributed by atoms with E-state index in [1.807, 2.05) is 0 Å². The SMILES string of the molecule is O=C(O)c1ccc2oc(CS)cc2c1. The molecule has 0 spiro atoms. The molecule has 1 aromatic heterocycles. The Morgan fingerprint density at radius 2 is 2.21 bits per heavy atom. The van der Waals surface area contributed by atoms with Gasteiger partial charge in [-0.1, -0.05) is 0 Å². The zero-order valence-electron chi connectivity index (χ0n) is 7.23. The molecule has 4 heteroatoms. The summed E-state index contributed by atoms with van der Waals surface area (Å²) < 4.78 is 5.38. The van der Waals surface area contributed by atoms with Crippen molar-refractivity contribution >= 4 is 29.6 Å². The molecule has 0 amide bonds. The quantitative estimate of drug-likeness (QED) is 0.746. The molecule has 2 aromatic rings. The fraction of sp³-hybridized carbons (Fsp3) is 0.100. The number of fused-ring (bicyclic) bond motifs is 1. The van der Waals surface area contributed by atoms with Crippen molar-refractivity contribution in [1.29, 1.82) is 0 Å². The van der Waals surface area contributed by atoms with Crippen LogP contribution in [0.5, 0.6) is 0 Å². The second kappa shape index (κ2) is 3.38. The Kier molecular flexibility index (Phi) is 2.21. The average molecular weight is 208 g/mol. The van der Waals surface area contributed by atoms with E-state index in [1.54, 1.807) is 18.2 Å². The van der Waals surface area contributed by atoms with Crippen LogP contribution in [0.1, 0.15) is 16.1 Å². The Labute approximate surface area is 85.7 Å². The summed E-state index contributed by atoms with van der Waals surface area (Å²) in [6, 6.07) is 6.57. The van der Waals surface area contributed by atoms with Crippen LogP contribution in [-0.2, 0) is 5.75 Å². The van der Waals surface area contributed by atoms with Crippen molar-refractivity contribution in [2.45, 2.75) is 5.75 Å². The Balaban J connectivity index is 2.59. The molecule has 0 aliphatic rings. The summed E-state index contributed by atoms with van der Waals surface area (Å²) in [6.07, 6.45) is 0. The minimum Gasteiger partial charge on any atom is -0.478 e. The van der Waals surface area contributed by atoms with E-state index in [0.717, 1.165) is 11.1 Å². The van der Waals surface area contributed by atoms with Gasteiger partial charge in [0.15, 0.2) is 0 Å². The van der Waals surface area contributed by atoms with Crippen LogP contribution in [0.15, 0.2) is 28.7 Å². The molecule has 1 aromatic carbocycles. The number of carboxylic acid groups (broad SMARTS) is 1. The number of furan rings is 1. The molecule has 1 heterocycles. The van der Waals surface area contributed by atoms with Crippen molar-refractivity contribution < 1.29 is 14.3 Å². The van der Waals surface area contributed by atoms with E-state index >= 15 is 0 Å². The van der Waals surface area contributed by atoms with Crippen molar-refractivity contribution in [2.24, 2.45) is 0 Å². The van der Waals surface area contributed by atoms with Gasteiger partial charge in [0.05, 0.1) is 5.56 Å². The largest absolute Gasteiger partial charge is 0.478 e. The Hall–Kier alpha value is -1.42. The van der Waals surface area contributed by atoms with E-state index < -0.39 is 5.97 Å². The third-order valence-corrected chi connectivity index (χ3v) is 2.28. The lowest BCUT2D eigenvalue weighted by atomic mass is 10.1. The predicted octanol–water partition coefficient (Wildman–Crippen LogP) is 2.56. The van der Waals surface area contributed by atoms with E-state index in [2.05, 4.69) is 12.6 Å². The maximum Gasteiger partial charge on any atom is 0.335 e. The molecule has 0 saturated heterocycles. The Bertz CT molecular complexity index is 487. The highest BCUT2D eigenvalue weighted by Gasteiger charge is 2.06. The summed E-state index contributed by atoms with van der Waals surface area (Å²) in [5.74, 6) is 0.322. The van der Waals surface area contributed by atoms with E-state index in [-0.39, 0.29) is 5.56 Å². The van der Waals surface area contributed by atoms with Crippen molar-refractivity contribution in [3.8, 4) is 0 Å². The predicted molar refractivity (Wildman–Crippen MR) is 55.9 cm³/mol. The molecule has 0 atom stereocenters. The number of hydrogen-bond acceptors (Lipinski definition) is 3. The van der Waals surface area contributed by atoms with Gasteiger partial charge in [0.25, 0.3) is 0 Å². The number of carbonyl (C=O) groups is 1. The number of thiol groups is 1. The van der Waals surface area contributed by atoms with Crippen LogP contribution in [0.2, 0.25) is 0 Å². The Morgan fingerprint density at radius 1 is 1.43 bits per heavy atom. The molecule has 2 rings (SSSR count). The van der Waals surface area contributed by atoms with Crippen LogP contribution in [0, 0.1) is 0 Å². The van der Waals surface area contributed by atoms with Crippen LogP contribution < -0.4 is 0 Å². The number of hydrogen-bond donors (Lipinski definition) is 2. The first kappa shape index (κ1) is 9.15.